The minimum absolute atomic E-state index is 0.0409. The number of nitrogens with two attached hydrogens (primary N) is 1. The first kappa shape index (κ1) is 21.9. The second-order valence-electron chi connectivity index (χ2n) is 6.95. The van der Waals surface area contributed by atoms with Crippen LogP contribution in [0.25, 0.3) is 0 Å². The monoisotopic (exact) mass is 452 g/mol. The number of fused-ring (bicyclic) bond motifs is 1. The molecular formula is C23H21FN4O5. The van der Waals surface area contributed by atoms with Crippen LogP contribution < -0.4 is 25.3 Å². The van der Waals surface area contributed by atoms with Gasteiger partial charge in [0.1, 0.15) is 11.6 Å². The first-order valence-electron chi connectivity index (χ1n) is 10.1. The van der Waals surface area contributed by atoms with Crippen molar-refractivity contribution in [3.8, 4) is 23.1 Å². The standard InChI is InChI=1S/C23H21FN4O5/c24-16-3-6-18(7-4-16)33-22-9-2-15(13-26-22)23(25)28-32-14-21(29)27-17-5-8-19-20(12-17)31-11-1-10-30-19/h2-9,12-13H,1,10-11,14H2,(H2,25,28)(H,27,29). The van der Waals surface area contributed by atoms with Crippen molar-refractivity contribution in [1.82, 2.24) is 4.98 Å². The molecular weight excluding hydrogens is 431 g/mol. The summed E-state index contributed by atoms with van der Waals surface area (Å²) in [5, 5.41) is 6.45. The molecule has 1 aliphatic rings. The molecule has 170 valence electrons. The summed E-state index contributed by atoms with van der Waals surface area (Å²) in [5.74, 6) is 1.23. The predicted molar refractivity (Wildman–Crippen MR) is 118 cm³/mol. The third-order valence-corrected chi connectivity index (χ3v) is 4.46. The summed E-state index contributed by atoms with van der Waals surface area (Å²) in [6.07, 6.45) is 2.24. The van der Waals surface area contributed by atoms with E-state index in [9.17, 15) is 9.18 Å². The van der Waals surface area contributed by atoms with Crippen LogP contribution in [0.15, 0.2) is 65.9 Å². The number of carbonyl (C=O) groups is 1. The average Bonchev–Trinajstić information content (AvgIpc) is 3.06. The number of hydrogen-bond acceptors (Lipinski definition) is 7. The van der Waals surface area contributed by atoms with Crippen molar-refractivity contribution < 1.29 is 28.2 Å². The number of amidine groups is 1. The first-order chi connectivity index (χ1) is 16.1. The van der Waals surface area contributed by atoms with Gasteiger partial charge in [0.2, 0.25) is 5.88 Å². The molecule has 1 amide bonds. The minimum Gasteiger partial charge on any atom is -0.490 e. The molecule has 0 fully saturated rings. The first-order valence-corrected chi connectivity index (χ1v) is 10.1. The van der Waals surface area contributed by atoms with E-state index in [0.717, 1.165) is 6.42 Å². The molecule has 33 heavy (non-hydrogen) atoms. The van der Waals surface area contributed by atoms with Crippen molar-refractivity contribution in [2.45, 2.75) is 6.42 Å². The Morgan fingerprint density at radius 2 is 1.88 bits per heavy atom. The fourth-order valence-corrected chi connectivity index (χ4v) is 2.87. The van der Waals surface area contributed by atoms with Gasteiger partial charge >= 0.3 is 0 Å². The molecule has 2 heterocycles. The van der Waals surface area contributed by atoms with Crippen LogP contribution in [0.1, 0.15) is 12.0 Å². The molecule has 0 spiro atoms. The molecule has 10 heteroatoms. The lowest BCUT2D eigenvalue weighted by atomic mass is 10.2. The number of pyridine rings is 1. The fraction of sp³-hybridized carbons (Fsp3) is 0.174. The Bertz CT molecular complexity index is 1140. The maximum atomic E-state index is 13.0. The molecule has 0 atom stereocenters. The van der Waals surface area contributed by atoms with E-state index in [1.165, 1.54) is 30.5 Å². The van der Waals surface area contributed by atoms with Crippen LogP contribution in [0.3, 0.4) is 0 Å². The topological polar surface area (TPSA) is 117 Å². The molecule has 0 radical (unpaired) electrons. The highest BCUT2D eigenvalue weighted by molar-refractivity contribution is 5.97. The molecule has 0 aliphatic carbocycles. The van der Waals surface area contributed by atoms with Gasteiger partial charge in [0.15, 0.2) is 23.9 Å². The van der Waals surface area contributed by atoms with Gasteiger partial charge in [-0.25, -0.2) is 9.37 Å². The molecule has 0 saturated heterocycles. The lowest BCUT2D eigenvalue weighted by Crippen LogP contribution is -2.19. The Morgan fingerprint density at radius 1 is 1.09 bits per heavy atom. The number of nitrogens with one attached hydrogen (secondary N) is 1. The molecule has 3 aromatic rings. The van der Waals surface area contributed by atoms with Gasteiger partial charge < -0.3 is 30.1 Å². The minimum atomic E-state index is -0.415. The third kappa shape index (κ3) is 6.10. The van der Waals surface area contributed by atoms with Gasteiger partial charge in [0.05, 0.1) is 13.2 Å². The van der Waals surface area contributed by atoms with Gasteiger partial charge in [-0.3, -0.25) is 4.79 Å². The number of carbonyl (C=O) groups excluding carboxylic acids is 1. The maximum Gasteiger partial charge on any atom is 0.265 e. The van der Waals surface area contributed by atoms with E-state index in [2.05, 4.69) is 15.5 Å². The van der Waals surface area contributed by atoms with E-state index < -0.39 is 5.91 Å². The predicted octanol–water partition coefficient (Wildman–Crippen LogP) is 3.45. The van der Waals surface area contributed by atoms with Crippen molar-refractivity contribution in [2.75, 3.05) is 25.1 Å². The Labute approximate surface area is 188 Å². The zero-order valence-corrected chi connectivity index (χ0v) is 17.5. The number of nitrogens with zero attached hydrogens (tertiary/aromatic N) is 2. The normalized spacial score (nSPS) is 13.1. The molecule has 0 saturated carbocycles. The van der Waals surface area contributed by atoms with E-state index in [4.69, 9.17) is 24.8 Å². The number of rotatable bonds is 7. The van der Waals surface area contributed by atoms with Crippen molar-refractivity contribution >= 4 is 17.4 Å². The molecule has 1 aromatic heterocycles. The zero-order chi connectivity index (χ0) is 23.0. The van der Waals surface area contributed by atoms with Crippen molar-refractivity contribution in [1.29, 1.82) is 0 Å². The van der Waals surface area contributed by atoms with Gasteiger partial charge in [0.25, 0.3) is 5.91 Å². The lowest BCUT2D eigenvalue weighted by Gasteiger charge is -2.10. The van der Waals surface area contributed by atoms with Gasteiger partial charge in [0, 0.05) is 36.0 Å². The molecule has 0 bridgehead atoms. The number of aromatic nitrogens is 1. The van der Waals surface area contributed by atoms with Crippen molar-refractivity contribution in [3.63, 3.8) is 0 Å². The van der Waals surface area contributed by atoms with Crippen LogP contribution in [-0.4, -0.2) is 36.5 Å². The summed E-state index contributed by atoms with van der Waals surface area (Å²) in [4.78, 5) is 21.3. The Morgan fingerprint density at radius 3 is 2.64 bits per heavy atom. The van der Waals surface area contributed by atoms with E-state index in [0.29, 0.717) is 47.6 Å². The number of benzene rings is 2. The highest BCUT2D eigenvalue weighted by Gasteiger charge is 2.12. The smallest absolute Gasteiger partial charge is 0.265 e. The van der Waals surface area contributed by atoms with Crippen LogP contribution in [0.5, 0.6) is 23.1 Å². The lowest BCUT2D eigenvalue weighted by molar-refractivity contribution is -0.120. The number of oxime groups is 1. The van der Waals surface area contributed by atoms with Crippen molar-refractivity contribution in [2.24, 2.45) is 10.9 Å². The number of anilines is 1. The van der Waals surface area contributed by atoms with Crippen LogP contribution in [0.2, 0.25) is 0 Å². The van der Waals surface area contributed by atoms with Gasteiger partial charge in [-0.15, -0.1) is 0 Å². The average molecular weight is 452 g/mol. The van der Waals surface area contributed by atoms with E-state index in [-0.39, 0.29) is 18.3 Å². The molecule has 4 rings (SSSR count). The summed E-state index contributed by atoms with van der Waals surface area (Å²) < 4.78 is 29.6. The SMILES string of the molecule is N/C(=N/OCC(=O)Nc1ccc2c(c1)OCCCO2)c1ccc(Oc2ccc(F)cc2)nc1. The summed E-state index contributed by atoms with van der Waals surface area (Å²) in [6, 6.07) is 13.9. The van der Waals surface area contributed by atoms with Gasteiger partial charge in [-0.1, -0.05) is 5.16 Å². The number of amides is 1. The van der Waals surface area contributed by atoms with Crippen LogP contribution in [0, 0.1) is 5.82 Å². The Hall–Kier alpha value is -4.34. The number of halogens is 1. The molecule has 0 unspecified atom stereocenters. The molecule has 2 aromatic carbocycles. The number of ether oxygens (including phenoxy) is 3. The van der Waals surface area contributed by atoms with Crippen LogP contribution in [0.4, 0.5) is 10.1 Å². The summed E-state index contributed by atoms with van der Waals surface area (Å²) in [7, 11) is 0. The van der Waals surface area contributed by atoms with E-state index >= 15 is 0 Å². The summed E-state index contributed by atoms with van der Waals surface area (Å²) in [6.45, 7) is 0.801. The summed E-state index contributed by atoms with van der Waals surface area (Å²) in [5.41, 5.74) is 6.91. The van der Waals surface area contributed by atoms with Gasteiger partial charge in [-0.2, -0.15) is 0 Å². The van der Waals surface area contributed by atoms with Crippen LogP contribution >= 0.6 is 0 Å². The second kappa shape index (κ2) is 10.3. The Balaban J connectivity index is 1.27. The Kier molecular flexibility index (Phi) is 6.84. The van der Waals surface area contributed by atoms with E-state index in [1.54, 1.807) is 30.3 Å². The largest absolute Gasteiger partial charge is 0.490 e. The van der Waals surface area contributed by atoms with Gasteiger partial charge in [-0.05, 0) is 42.5 Å². The molecule has 9 nitrogen and oxygen atoms in total. The summed E-state index contributed by atoms with van der Waals surface area (Å²) >= 11 is 0. The molecule has 3 N–H and O–H groups in total. The number of hydrogen-bond donors (Lipinski definition) is 2. The van der Waals surface area contributed by atoms with Crippen molar-refractivity contribution in [3.05, 3.63) is 72.2 Å². The zero-order valence-electron chi connectivity index (χ0n) is 17.5. The maximum absolute atomic E-state index is 13.0. The third-order valence-electron chi connectivity index (χ3n) is 4.46. The highest BCUT2D eigenvalue weighted by atomic mass is 19.1. The van der Waals surface area contributed by atoms with Crippen LogP contribution in [-0.2, 0) is 9.63 Å². The fourth-order valence-electron chi connectivity index (χ4n) is 2.87. The quantitative estimate of drug-likeness (QED) is 0.320. The van der Waals surface area contributed by atoms with E-state index in [1.807, 2.05) is 0 Å². The highest BCUT2D eigenvalue weighted by Crippen LogP contribution is 2.32. The molecule has 1 aliphatic heterocycles. The second-order valence-corrected chi connectivity index (χ2v) is 6.95.